The molecule has 0 saturated carbocycles. The largest absolute Gasteiger partial charge is 0.363 e. The van der Waals surface area contributed by atoms with Crippen LogP contribution in [0, 0.1) is 6.92 Å². The molecule has 0 bridgehead atoms. The molecule has 3 aromatic rings. The van der Waals surface area contributed by atoms with Crippen molar-refractivity contribution in [1.29, 1.82) is 0 Å². The Hall–Kier alpha value is -3.14. The van der Waals surface area contributed by atoms with Gasteiger partial charge in [-0.25, -0.2) is 15.0 Å². The van der Waals surface area contributed by atoms with Crippen LogP contribution >= 0.6 is 0 Å². The molecule has 0 amide bonds. The summed E-state index contributed by atoms with van der Waals surface area (Å²) in [6.45, 7) is 1.83. The fourth-order valence-corrected chi connectivity index (χ4v) is 3.39. The maximum absolute atomic E-state index is 12.3. The van der Waals surface area contributed by atoms with Gasteiger partial charge in [-0.3, -0.25) is 4.72 Å². The first-order valence-corrected chi connectivity index (χ1v) is 9.62. The van der Waals surface area contributed by atoms with Crippen LogP contribution in [-0.4, -0.2) is 42.0 Å². The van der Waals surface area contributed by atoms with E-state index in [1.165, 1.54) is 12.5 Å². The summed E-state index contributed by atoms with van der Waals surface area (Å²) in [5.41, 5.74) is 1.22. The quantitative estimate of drug-likeness (QED) is 0.667. The molecule has 0 unspecified atom stereocenters. The second-order valence-electron chi connectivity index (χ2n) is 6.24. The topological polar surface area (TPSA) is 105 Å². The Morgan fingerprint density at radius 3 is 2.33 bits per heavy atom. The van der Waals surface area contributed by atoms with Crippen LogP contribution in [0.1, 0.15) is 5.82 Å². The van der Waals surface area contributed by atoms with Crippen LogP contribution in [0.2, 0.25) is 0 Å². The minimum absolute atomic E-state index is 0.0279. The molecule has 9 nitrogen and oxygen atoms in total. The van der Waals surface area contributed by atoms with Crippen molar-refractivity contribution < 1.29 is 8.42 Å². The minimum Gasteiger partial charge on any atom is -0.363 e. The zero-order valence-corrected chi connectivity index (χ0v) is 16.3. The number of aryl methyl sites for hydroxylation is 2. The van der Waals surface area contributed by atoms with Crippen molar-refractivity contribution in [3.05, 3.63) is 48.7 Å². The highest BCUT2D eigenvalue weighted by molar-refractivity contribution is 7.92. The average molecular weight is 387 g/mol. The molecule has 3 rings (SSSR count). The smallest absolute Gasteiger partial charge is 0.280 e. The van der Waals surface area contributed by atoms with Gasteiger partial charge in [0.15, 0.2) is 5.03 Å². The van der Waals surface area contributed by atoms with E-state index in [4.69, 9.17) is 0 Å². The van der Waals surface area contributed by atoms with Gasteiger partial charge in [-0.1, -0.05) is 0 Å². The summed E-state index contributed by atoms with van der Waals surface area (Å²) in [5, 5.41) is 3.17. The third-order valence-corrected chi connectivity index (χ3v) is 4.91. The predicted molar refractivity (Wildman–Crippen MR) is 105 cm³/mol. The Bertz CT molecular complexity index is 1040. The monoisotopic (exact) mass is 387 g/mol. The molecule has 0 saturated heterocycles. The Morgan fingerprint density at radius 1 is 1.07 bits per heavy atom. The van der Waals surface area contributed by atoms with Crippen LogP contribution in [0.3, 0.4) is 0 Å². The molecule has 1 aromatic carbocycles. The molecule has 0 aliphatic rings. The second-order valence-corrected chi connectivity index (χ2v) is 7.87. The van der Waals surface area contributed by atoms with Gasteiger partial charge in [0.25, 0.3) is 10.0 Å². The number of hydrogen-bond donors (Lipinski definition) is 2. The molecule has 0 spiro atoms. The second kappa shape index (κ2) is 7.23. The SMILES string of the molecule is Cc1nc(Nc2ccc(NS(=O)(=O)c3cn(C)cn3)cc2)cc(N(C)C)n1. The summed E-state index contributed by atoms with van der Waals surface area (Å²) < 4.78 is 28.7. The van der Waals surface area contributed by atoms with Gasteiger partial charge in [-0.05, 0) is 31.2 Å². The van der Waals surface area contributed by atoms with Gasteiger partial charge >= 0.3 is 0 Å². The first-order valence-electron chi connectivity index (χ1n) is 8.14. The molecule has 27 heavy (non-hydrogen) atoms. The number of imidazole rings is 1. The fraction of sp³-hybridized carbons (Fsp3) is 0.235. The highest BCUT2D eigenvalue weighted by Crippen LogP contribution is 2.21. The first kappa shape index (κ1) is 18.6. The Labute approximate surface area is 158 Å². The molecule has 10 heteroatoms. The van der Waals surface area contributed by atoms with E-state index in [2.05, 4.69) is 25.0 Å². The molecular weight excluding hydrogens is 366 g/mol. The summed E-state index contributed by atoms with van der Waals surface area (Å²) >= 11 is 0. The van der Waals surface area contributed by atoms with Crippen molar-refractivity contribution in [2.45, 2.75) is 11.9 Å². The Kier molecular flexibility index (Phi) is 5.00. The van der Waals surface area contributed by atoms with E-state index in [-0.39, 0.29) is 5.03 Å². The predicted octanol–water partition coefficient (Wildman–Crippen LogP) is 2.13. The van der Waals surface area contributed by atoms with E-state index < -0.39 is 10.0 Å². The lowest BCUT2D eigenvalue weighted by molar-refractivity contribution is 0.598. The van der Waals surface area contributed by atoms with E-state index in [0.29, 0.717) is 17.3 Å². The lowest BCUT2D eigenvalue weighted by atomic mass is 10.3. The van der Waals surface area contributed by atoms with Crippen LogP contribution in [0.25, 0.3) is 0 Å². The normalized spacial score (nSPS) is 11.3. The standard InChI is InChI=1S/C17H21N7O2S/c1-12-19-15(9-16(20-12)23(2)3)21-13-5-7-14(8-6-13)22-27(25,26)17-10-24(4)11-18-17/h5-11,22H,1-4H3,(H,19,20,21). The highest BCUT2D eigenvalue weighted by Gasteiger charge is 2.17. The summed E-state index contributed by atoms with van der Waals surface area (Å²) in [6, 6.07) is 8.71. The number of hydrogen-bond acceptors (Lipinski definition) is 7. The summed E-state index contributed by atoms with van der Waals surface area (Å²) in [4.78, 5) is 14.5. The van der Waals surface area contributed by atoms with Crippen molar-refractivity contribution in [3.63, 3.8) is 0 Å². The van der Waals surface area contributed by atoms with Crippen molar-refractivity contribution >= 4 is 33.0 Å². The molecule has 2 heterocycles. The number of rotatable bonds is 6. The Balaban J connectivity index is 1.74. The maximum atomic E-state index is 12.3. The number of benzene rings is 1. The van der Waals surface area contributed by atoms with Crippen LogP contribution in [-0.2, 0) is 17.1 Å². The number of nitrogens with one attached hydrogen (secondary N) is 2. The van der Waals surface area contributed by atoms with Gasteiger partial charge < -0.3 is 14.8 Å². The summed E-state index contributed by atoms with van der Waals surface area (Å²) in [5.74, 6) is 2.11. The number of sulfonamides is 1. The van der Waals surface area contributed by atoms with Crippen molar-refractivity contribution in [2.24, 2.45) is 7.05 Å². The van der Waals surface area contributed by atoms with Gasteiger partial charge in [0, 0.05) is 44.8 Å². The van der Waals surface area contributed by atoms with E-state index in [0.717, 1.165) is 11.5 Å². The van der Waals surface area contributed by atoms with Crippen molar-refractivity contribution in [1.82, 2.24) is 19.5 Å². The van der Waals surface area contributed by atoms with E-state index >= 15 is 0 Å². The zero-order chi connectivity index (χ0) is 19.6. The first-order chi connectivity index (χ1) is 12.7. The molecule has 142 valence electrons. The molecule has 2 N–H and O–H groups in total. The molecule has 0 atom stereocenters. The number of aromatic nitrogens is 4. The van der Waals surface area contributed by atoms with Gasteiger partial charge in [-0.15, -0.1) is 0 Å². The third-order valence-electron chi connectivity index (χ3n) is 3.65. The number of anilines is 4. The minimum atomic E-state index is -3.71. The van der Waals surface area contributed by atoms with Gasteiger partial charge in [0.1, 0.15) is 17.5 Å². The molecule has 0 fully saturated rings. The lowest BCUT2D eigenvalue weighted by Crippen LogP contribution is -2.13. The van der Waals surface area contributed by atoms with E-state index in [9.17, 15) is 8.42 Å². The summed E-state index contributed by atoms with van der Waals surface area (Å²) in [6.07, 6.45) is 2.88. The van der Waals surface area contributed by atoms with Crippen molar-refractivity contribution in [3.8, 4) is 0 Å². The Morgan fingerprint density at radius 2 is 1.74 bits per heavy atom. The van der Waals surface area contributed by atoms with E-state index in [1.807, 2.05) is 32.0 Å². The highest BCUT2D eigenvalue weighted by atomic mass is 32.2. The summed E-state index contributed by atoms with van der Waals surface area (Å²) in [7, 11) is 1.82. The maximum Gasteiger partial charge on any atom is 0.280 e. The van der Waals surface area contributed by atoms with Gasteiger partial charge in [-0.2, -0.15) is 8.42 Å². The van der Waals surface area contributed by atoms with Crippen LogP contribution in [0.4, 0.5) is 23.0 Å². The van der Waals surface area contributed by atoms with Gasteiger partial charge in [0.05, 0.1) is 6.33 Å². The molecule has 0 aliphatic carbocycles. The van der Waals surface area contributed by atoms with E-state index in [1.54, 1.807) is 35.9 Å². The number of nitrogens with zero attached hydrogens (tertiary/aromatic N) is 5. The molecular formula is C17H21N7O2S. The fourth-order valence-electron chi connectivity index (χ4n) is 2.35. The van der Waals surface area contributed by atoms with Gasteiger partial charge in [0.2, 0.25) is 0 Å². The van der Waals surface area contributed by atoms with Crippen LogP contribution < -0.4 is 14.9 Å². The lowest BCUT2D eigenvalue weighted by Gasteiger charge is -2.14. The zero-order valence-electron chi connectivity index (χ0n) is 15.5. The van der Waals surface area contributed by atoms with Crippen LogP contribution in [0.5, 0.6) is 0 Å². The molecule has 0 aliphatic heterocycles. The molecule has 2 aromatic heterocycles. The van der Waals surface area contributed by atoms with Crippen molar-refractivity contribution in [2.75, 3.05) is 29.0 Å². The third kappa shape index (κ3) is 4.53. The van der Waals surface area contributed by atoms with Crippen LogP contribution in [0.15, 0.2) is 47.9 Å². The molecule has 0 radical (unpaired) electrons. The average Bonchev–Trinajstić information content (AvgIpc) is 3.03.